The molecule has 0 aromatic heterocycles. The van der Waals surface area contributed by atoms with Crippen LogP contribution in [-0.4, -0.2) is 35.0 Å². The summed E-state index contributed by atoms with van der Waals surface area (Å²) in [5.74, 6) is -0.0613. The topological polar surface area (TPSA) is 110 Å². The number of Topliss-reactive ketones (excluding diaryl/α,β-unsaturated/α-hetero) is 2. The molecule has 0 heterocycles. The molecule has 2 N–H and O–H groups in total. The Kier molecular flexibility index (Phi) is 16.0. The van der Waals surface area contributed by atoms with Crippen LogP contribution in [0.3, 0.4) is 0 Å². The van der Waals surface area contributed by atoms with Crippen molar-refractivity contribution >= 4 is 32.0 Å². The fourth-order valence-electron chi connectivity index (χ4n) is 5.96. The summed E-state index contributed by atoms with van der Waals surface area (Å²) in [7, 11) is -3.16. The summed E-state index contributed by atoms with van der Waals surface area (Å²) < 4.78 is 23.7. The minimum atomic E-state index is -3.16. The maximum Gasteiger partial charge on any atom is 0.320 e. The van der Waals surface area contributed by atoms with Gasteiger partial charge in [-0.1, -0.05) is 110 Å². The Hall–Kier alpha value is -2.99. The summed E-state index contributed by atoms with van der Waals surface area (Å²) in [6.45, 7) is 27.8. The zero-order valence-corrected chi connectivity index (χ0v) is 35.6. The zero-order valence-electron chi connectivity index (χ0n) is 34.6. The first-order chi connectivity index (χ1) is 23.8. The van der Waals surface area contributed by atoms with Crippen molar-refractivity contribution in [3.8, 4) is 11.5 Å². The van der Waals surface area contributed by atoms with Gasteiger partial charge in [0.2, 0.25) is 0 Å². The molecule has 0 fully saturated rings. The highest BCUT2D eigenvalue weighted by Crippen LogP contribution is 2.42. The molecular formula is C44H67O7P. The Bertz CT molecular complexity index is 1460. The first kappa shape index (κ1) is 45.2. The molecule has 0 unspecified atom stereocenters. The second kappa shape index (κ2) is 18.4. The van der Waals surface area contributed by atoms with Gasteiger partial charge in [0.15, 0.2) is 11.6 Å². The molecule has 0 aliphatic carbocycles. The maximum absolute atomic E-state index is 13.5. The number of ketones is 2. The number of carbonyl (C=O) groups excluding carboxylic acids is 2. The number of phenolic OH excluding ortho intramolecular Hbond substituents is 2. The van der Waals surface area contributed by atoms with Gasteiger partial charge in [0.1, 0.15) is 24.7 Å². The lowest BCUT2D eigenvalue weighted by Crippen LogP contribution is -2.17. The van der Waals surface area contributed by atoms with E-state index in [1.165, 1.54) is 0 Å². The molecular weight excluding hydrogens is 671 g/mol. The van der Waals surface area contributed by atoms with Gasteiger partial charge in [-0.15, -0.1) is 0 Å². The Balaban J connectivity index is 2.31. The van der Waals surface area contributed by atoms with Gasteiger partial charge in [-0.05, 0) is 106 Å². The van der Waals surface area contributed by atoms with Crippen molar-refractivity contribution in [2.75, 3.05) is 13.2 Å². The molecule has 8 heteroatoms. The largest absolute Gasteiger partial charge is 0.507 e. The van der Waals surface area contributed by atoms with E-state index in [-0.39, 0.29) is 44.7 Å². The molecule has 0 radical (unpaired) electrons. The minimum Gasteiger partial charge on any atom is -0.507 e. The number of carbonyl (C=O) groups is 2. The van der Waals surface area contributed by atoms with Gasteiger partial charge < -0.3 is 19.3 Å². The standard InChI is InChI=1S/C44H67O7P/c1-15-17-19-31(21-29-23-33(41(3,4)5)39(47)34(24-29)42(6,7)8)37(45)27-50-52(49)51-28-38(46)32(20-18-16-2)22-30-25-35(43(9,10)11)40(48)36(26-30)44(12,13)14/h21-26,47-48,52H,15-20,27-28H2,1-14H3. The SMILES string of the molecule is CCCCC(=Cc1cc(C(C)(C)C)c(O)c(C(C)(C)C)c1)C(=O)CO[PH](=O)OCC(=O)C(=Cc1cc(C(C)(C)C)c(O)c(C(C)(C)C)c1)CCCC. The number of phenols is 2. The van der Waals surface area contributed by atoms with E-state index in [0.29, 0.717) is 24.0 Å². The quantitative estimate of drug-likeness (QED) is 0.130. The molecule has 0 saturated heterocycles. The van der Waals surface area contributed by atoms with Crippen LogP contribution in [0.5, 0.6) is 11.5 Å². The predicted octanol–water partition coefficient (Wildman–Crippen LogP) is 11.7. The van der Waals surface area contributed by atoms with E-state index in [1.807, 2.05) is 120 Å². The smallest absolute Gasteiger partial charge is 0.320 e. The van der Waals surface area contributed by atoms with Crippen LogP contribution in [0.4, 0.5) is 0 Å². The summed E-state index contributed by atoms with van der Waals surface area (Å²) in [5.41, 5.74) is 4.63. The van der Waals surface area contributed by atoms with Crippen molar-refractivity contribution in [3.63, 3.8) is 0 Å². The van der Waals surface area contributed by atoms with E-state index < -0.39 is 21.5 Å². The van der Waals surface area contributed by atoms with Crippen LogP contribution in [0.25, 0.3) is 12.2 Å². The van der Waals surface area contributed by atoms with Crippen molar-refractivity contribution in [1.82, 2.24) is 0 Å². The molecule has 0 amide bonds. The number of aromatic hydroxyl groups is 2. The van der Waals surface area contributed by atoms with Gasteiger partial charge in [-0.25, -0.2) is 0 Å². The first-order valence-electron chi connectivity index (χ1n) is 18.8. The predicted molar refractivity (Wildman–Crippen MR) is 217 cm³/mol. The van der Waals surface area contributed by atoms with Gasteiger partial charge in [0, 0.05) is 22.3 Å². The Morgan fingerprint density at radius 2 is 0.846 bits per heavy atom. The molecule has 52 heavy (non-hydrogen) atoms. The van der Waals surface area contributed by atoms with Gasteiger partial charge in [0.05, 0.1) is 0 Å². The molecule has 2 aromatic rings. The van der Waals surface area contributed by atoms with Gasteiger partial charge in [-0.3, -0.25) is 14.2 Å². The number of hydrogen-bond acceptors (Lipinski definition) is 7. The van der Waals surface area contributed by atoms with Crippen molar-refractivity contribution in [1.29, 1.82) is 0 Å². The highest BCUT2D eigenvalue weighted by molar-refractivity contribution is 7.33. The summed E-state index contributed by atoms with van der Waals surface area (Å²) >= 11 is 0. The maximum atomic E-state index is 13.5. The Morgan fingerprint density at radius 3 is 1.08 bits per heavy atom. The third-order valence-electron chi connectivity index (χ3n) is 9.14. The van der Waals surface area contributed by atoms with Gasteiger partial charge in [-0.2, -0.15) is 0 Å². The second-order valence-corrected chi connectivity index (χ2v) is 19.2. The average Bonchev–Trinajstić information content (AvgIpc) is 3.01. The van der Waals surface area contributed by atoms with E-state index in [1.54, 1.807) is 0 Å². The van der Waals surface area contributed by atoms with Crippen molar-refractivity contribution in [3.05, 3.63) is 68.8 Å². The monoisotopic (exact) mass is 738 g/mol. The third-order valence-corrected chi connectivity index (χ3v) is 9.90. The summed E-state index contributed by atoms with van der Waals surface area (Å²) in [6.07, 6.45) is 8.08. The summed E-state index contributed by atoms with van der Waals surface area (Å²) in [4.78, 5) is 26.9. The van der Waals surface area contributed by atoms with E-state index in [4.69, 9.17) is 9.05 Å². The molecule has 0 saturated carbocycles. The molecule has 0 aliphatic rings. The molecule has 2 aromatic carbocycles. The van der Waals surface area contributed by atoms with Gasteiger partial charge >= 0.3 is 8.25 Å². The first-order valence-corrected chi connectivity index (χ1v) is 20.1. The normalized spacial score (nSPS) is 14.1. The zero-order chi connectivity index (χ0) is 39.8. The summed E-state index contributed by atoms with van der Waals surface area (Å²) in [5, 5.41) is 22.3. The fourth-order valence-corrected chi connectivity index (χ4v) is 6.55. The minimum absolute atomic E-state index is 0.271. The highest BCUT2D eigenvalue weighted by Gasteiger charge is 2.28. The van der Waals surface area contributed by atoms with Crippen LogP contribution in [0.15, 0.2) is 35.4 Å². The van der Waals surface area contributed by atoms with Crippen molar-refractivity contribution in [2.45, 2.75) is 157 Å². The number of hydrogen-bond donors (Lipinski definition) is 2. The molecule has 290 valence electrons. The van der Waals surface area contributed by atoms with E-state index in [9.17, 15) is 24.4 Å². The highest BCUT2D eigenvalue weighted by atomic mass is 31.1. The van der Waals surface area contributed by atoms with Gasteiger partial charge in [0.25, 0.3) is 0 Å². The van der Waals surface area contributed by atoms with E-state index >= 15 is 0 Å². The molecule has 0 bridgehead atoms. The fraction of sp³-hybridized carbons (Fsp3) is 0.591. The van der Waals surface area contributed by atoms with E-state index in [2.05, 4.69) is 13.8 Å². The van der Waals surface area contributed by atoms with Crippen molar-refractivity contribution < 1.29 is 33.4 Å². The lowest BCUT2D eigenvalue weighted by Gasteiger charge is -2.28. The van der Waals surface area contributed by atoms with Crippen LogP contribution in [0.1, 0.15) is 169 Å². The van der Waals surface area contributed by atoms with Crippen LogP contribution >= 0.6 is 8.25 Å². The molecule has 7 nitrogen and oxygen atoms in total. The van der Waals surface area contributed by atoms with Crippen LogP contribution < -0.4 is 0 Å². The Morgan fingerprint density at radius 1 is 0.577 bits per heavy atom. The van der Waals surface area contributed by atoms with Crippen LogP contribution in [0.2, 0.25) is 0 Å². The lowest BCUT2D eigenvalue weighted by atomic mass is 9.78. The molecule has 0 aliphatic heterocycles. The number of rotatable bonds is 16. The molecule has 2 rings (SSSR count). The lowest BCUT2D eigenvalue weighted by molar-refractivity contribution is -0.118. The number of unbranched alkanes of at least 4 members (excludes halogenated alkanes) is 2. The summed E-state index contributed by atoms with van der Waals surface area (Å²) in [6, 6.07) is 7.71. The number of benzene rings is 2. The van der Waals surface area contributed by atoms with Crippen LogP contribution in [0, 0.1) is 0 Å². The van der Waals surface area contributed by atoms with Crippen molar-refractivity contribution in [2.24, 2.45) is 0 Å². The average molecular weight is 739 g/mol. The third kappa shape index (κ3) is 13.1. The second-order valence-electron chi connectivity index (χ2n) is 18.1. The van der Waals surface area contributed by atoms with Crippen LogP contribution in [-0.2, 0) is 44.9 Å². The van der Waals surface area contributed by atoms with E-state index in [0.717, 1.165) is 59.1 Å². The molecule has 0 spiro atoms. The molecule has 0 atom stereocenters. The Labute approximate surface area is 315 Å².